The maximum atomic E-state index is 11.2. The summed E-state index contributed by atoms with van der Waals surface area (Å²) in [6.07, 6.45) is 1.43. The summed E-state index contributed by atoms with van der Waals surface area (Å²) >= 11 is 10.3. The number of halogens is 1. The van der Waals surface area contributed by atoms with Crippen molar-refractivity contribution in [3.63, 3.8) is 0 Å². The van der Waals surface area contributed by atoms with E-state index in [1.807, 2.05) is 0 Å². The van der Waals surface area contributed by atoms with Crippen LogP contribution in [-0.2, 0) is 0 Å². The van der Waals surface area contributed by atoms with Gasteiger partial charge in [0, 0.05) is 40.4 Å². The zero-order valence-electron chi connectivity index (χ0n) is 15.7. The van der Waals surface area contributed by atoms with E-state index in [9.17, 15) is 15.4 Å². The highest BCUT2D eigenvalue weighted by molar-refractivity contribution is 7.80. The molecule has 9 heteroatoms. The fourth-order valence-electron chi connectivity index (χ4n) is 2.95. The van der Waals surface area contributed by atoms with E-state index in [4.69, 9.17) is 16.3 Å². The molecule has 0 spiro atoms. The third kappa shape index (κ3) is 4.38. The Morgan fingerprint density at radius 3 is 2.52 bits per heavy atom. The van der Waals surface area contributed by atoms with Crippen LogP contribution >= 0.6 is 24.2 Å². The normalized spacial score (nSPS) is 10.5. The Morgan fingerprint density at radius 1 is 1.10 bits per heavy atom. The van der Waals surface area contributed by atoms with E-state index in [1.54, 1.807) is 48.5 Å². The summed E-state index contributed by atoms with van der Waals surface area (Å²) in [5, 5.41) is 24.8. The first kappa shape index (κ1) is 20.5. The number of pyridine rings is 1. The van der Waals surface area contributed by atoms with Gasteiger partial charge in [0.25, 0.3) is 5.69 Å². The lowest BCUT2D eigenvalue weighted by atomic mass is 10.1. The van der Waals surface area contributed by atoms with Crippen LogP contribution in [-0.4, -0.2) is 9.91 Å². The van der Waals surface area contributed by atoms with Crippen molar-refractivity contribution in [3.05, 3.63) is 87.6 Å². The highest BCUT2D eigenvalue weighted by Crippen LogP contribution is 2.33. The zero-order valence-corrected chi connectivity index (χ0v) is 17.4. The molecule has 7 nitrogen and oxygen atoms in total. The molecule has 1 N–H and O–H groups in total. The third-order valence-electron chi connectivity index (χ3n) is 4.46. The summed E-state index contributed by atoms with van der Waals surface area (Å²) in [7, 11) is 0. The second kappa shape index (κ2) is 8.52. The Hall–Kier alpha value is -3.80. The van der Waals surface area contributed by atoms with Gasteiger partial charge >= 0.3 is 0 Å². The zero-order chi connectivity index (χ0) is 22.0. The van der Waals surface area contributed by atoms with Crippen LogP contribution in [0.2, 0.25) is 5.02 Å². The van der Waals surface area contributed by atoms with E-state index in [-0.39, 0.29) is 11.3 Å². The monoisotopic (exact) mass is 448 g/mol. The van der Waals surface area contributed by atoms with Crippen molar-refractivity contribution in [1.82, 2.24) is 4.98 Å². The number of non-ortho nitro benzene ring substituents is 1. The van der Waals surface area contributed by atoms with Gasteiger partial charge in [-0.15, -0.1) is 12.6 Å². The summed E-state index contributed by atoms with van der Waals surface area (Å²) in [5.74, 6) is 1.16. The van der Waals surface area contributed by atoms with Gasteiger partial charge in [0.2, 0.25) is 0 Å². The van der Waals surface area contributed by atoms with Crippen LogP contribution in [0.3, 0.4) is 0 Å². The molecule has 0 saturated heterocycles. The number of fused-ring (bicyclic) bond motifs is 1. The molecule has 0 aliphatic carbocycles. The Labute approximate surface area is 187 Å². The first-order valence-electron chi connectivity index (χ1n) is 8.95. The molecule has 3 aromatic carbocycles. The topological polar surface area (TPSA) is 101 Å². The molecule has 0 fully saturated rings. The van der Waals surface area contributed by atoms with E-state index in [2.05, 4.69) is 29.0 Å². The number of anilines is 2. The second-order valence-electron chi connectivity index (χ2n) is 6.48. The molecule has 1 aromatic heterocycles. The number of nitrogens with zero attached hydrogens (tertiary/aromatic N) is 3. The molecule has 4 aromatic rings. The number of thiol groups is 1. The van der Waals surface area contributed by atoms with Gasteiger partial charge in [-0.1, -0.05) is 11.6 Å². The standard InChI is InChI=1S/C22H13ClN4O3S/c23-19-10-17(6-8-21(19)31)30-16-4-1-14(2-5-16)26-22-13(11-24)12-25-20-7-3-15(27(28)29)9-18(20)22/h1-10,12,31H,(H,25,26). The third-order valence-corrected chi connectivity index (χ3v) is 5.30. The molecule has 0 aliphatic rings. The SMILES string of the molecule is N#Cc1cnc2ccc([N+](=O)[O-])cc2c1Nc1ccc(Oc2ccc(S)c(Cl)c2)cc1. The number of nitriles is 1. The number of hydrogen-bond acceptors (Lipinski definition) is 7. The minimum absolute atomic E-state index is 0.0814. The molecule has 0 amide bonds. The largest absolute Gasteiger partial charge is 0.457 e. The van der Waals surface area contributed by atoms with Gasteiger partial charge in [0.05, 0.1) is 26.7 Å². The van der Waals surface area contributed by atoms with E-state index < -0.39 is 4.92 Å². The highest BCUT2D eigenvalue weighted by Gasteiger charge is 2.14. The van der Waals surface area contributed by atoms with Gasteiger partial charge in [0.15, 0.2) is 0 Å². The average Bonchev–Trinajstić information content (AvgIpc) is 2.77. The van der Waals surface area contributed by atoms with Gasteiger partial charge < -0.3 is 10.1 Å². The number of rotatable bonds is 5. The lowest BCUT2D eigenvalue weighted by molar-refractivity contribution is -0.384. The van der Waals surface area contributed by atoms with Gasteiger partial charge in [-0.25, -0.2) is 0 Å². The van der Waals surface area contributed by atoms with Crippen molar-refractivity contribution in [1.29, 1.82) is 5.26 Å². The Morgan fingerprint density at radius 2 is 1.84 bits per heavy atom. The van der Waals surface area contributed by atoms with Crippen molar-refractivity contribution >= 4 is 52.2 Å². The van der Waals surface area contributed by atoms with Crippen LogP contribution in [0, 0.1) is 21.4 Å². The molecule has 0 unspecified atom stereocenters. The van der Waals surface area contributed by atoms with E-state index >= 15 is 0 Å². The van der Waals surface area contributed by atoms with Crippen molar-refractivity contribution < 1.29 is 9.66 Å². The maximum absolute atomic E-state index is 11.2. The molecule has 4 rings (SSSR count). The molecule has 1 heterocycles. The first-order valence-corrected chi connectivity index (χ1v) is 9.78. The highest BCUT2D eigenvalue weighted by atomic mass is 35.5. The van der Waals surface area contributed by atoms with Crippen LogP contribution in [0.5, 0.6) is 11.5 Å². The fraction of sp³-hybridized carbons (Fsp3) is 0. The van der Waals surface area contributed by atoms with Gasteiger partial charge in [-0.3, -0.25) is 15.1 Å². The minimum atomic E-state index is -0.485. The maximum Gasteiger partial charge on any atom is 0.270 e. The summed E-state index contributed by atoms with van der Waals surface area (Å²) < 4.78 is 5.79. The van der Waals surface area contributed by atoms with Gasteiger partial charge in [-0.05, 0) is 42.5 Å². The molecule has 0 bridgehead atoms. The van der Waals surface area contributed by atoms with Gasteiger partial charge in [-0.2, -0.15) is 5.26 Å². The van der Waals surface area contributed by atoms with E-state index in [0.717, 1.165) is 0 Å². The number of nitro groups is 1. The molecular formula is C22H13ClN4O3S. The smallest absolute Gasteiger partial charge is 0.270 e. The van der Waals surface area contributed by atoms with Crippen LogP contribution in [0.25, 0.3) is 10.9 Å². The van der Waals surface area contributed by atoms with Crippen molar-refractivity contribution in [2.45, 2.75) is 4.90 Å². The van der Waals surface area contributed by atoms with Crippen molar-refractivity contribution in [3.8, 4) is 17.6 Å². The lowest BCUT2D eigenvalue weighted by Gasteiger charge is -2.12. The lowest BCUT2D eigenvalue weighted by Crippen LogP contribution is -1.98. The number of ether oxygens (including phenoxy) is 1. The second-order valence-corrected chi connectivity index (χ2v) is 7.37. The van der Waals surface area contributed by atoms with Crippen LogP contribution < -0.4 is 10.1 Å². The fourth-order valence-corrected chi connectivity index (χ4v) is 3.26. The molecule has 152 valence electrons. The Balaban J connectivity index is 1.64. The Kier molecular flexibility index (Phi) is 5.62. The predicted molar refractivity (Wildman–Crippen MR) is 122 cm³/mol. The summed E-state index contributed by atoms with van der Waals surface area (Å²) in [6, 6.07) is 18.6. The molecular weight excluding hydrogens is 436 g/mol. The van der Waals surface area contributed by atoms with Gasteiger partial charge in [0.1, 0.15) is 17.6 Å². The van der Waals surface area contributed by atoms with E-state index in [1.165, 1.54) is 18.3 Å². The number of hydrogen-bond donors (Lipinski definition) is 2. The number of nitrogens with one attached hydrogen (secondary N) is 1. The average molecular weight is 449 g/mol. The number of aromatic nitrogens is 1. The molecule has 31 heavy (non-hydrogen) atoms. The summed E-state index contributed by atoms with van der Waals surface area (Å²) in [5.41, 5.74) is 1.85. The number of nitro benzene ring substituents is 1. The molecule has 0 radical (unpaired) electrons. The molecule has 0 atom stereocenters. The predicted octanol–water partition coefficient (Wildman–Crippen LogP) is 6.49. The van der Waals surface area contributed by atoms with Crippen molar-refractivity contribution in [2.24, 2.45) is 0 Å². The van der Waals surface area contributed by atoms with Crippen LogP contribution in [0.15, 0.2) is 71.8 Å². The van der Waals surface area contributed by atoms with Crippen LogP contribution in [0.4, 0.5) is 17.1 Å². The molecule has 0 aliphatic heterocycles. The minimum Gasteiger partial charge on any atom is -0.457 e. The molecule has 0 saturated carbocycles. The summed E-state index contributed by atoms with van der Waals surface area (Å²) in [4.78, 5) is 15.6. The van der Waals surface area contributed by atoms with E-state index in [0.29, 0.717) is 43.7 Å². The number of benzene rings is 3. The van der Waals surface area contributed by atoms with Crippen molar-refractivity contribution in [2.75, 3.05) is 5.32 Å². The Bertz CT molecular complexity index is 1350. The first-order chi connectivity index (χ1) is 14.9. The summed E-state index contributed by atoms with van der Waals surface area (Å²) in [6.45, 7) is 0. The quantitative estimate of drug-likeness (QED) is 0.205. The van der Waals surface area contributed by atoms with Crippen LogP contribution in [0.1, 0.15) is 5.56 Å².